The molecule has 8 nitrogen and oxygen atoms in total. The highest BCUT2D eigenvalue weighted by atomic mass is 35.5. The van der Waals surface area contributed by atoms with E-state index in [2.05, 4.69) is 9.71 Å². The van der Waals surface area contributed by atoms with Gasteiger partial charge in [0.2, 0.25) is 0 Å². The maximum atomic E-state index is 12.5. The zero-order chi connectivity index (χ0) is 22.6. The number of nitrogens with one attached hydrogen (secondary N) is 2. The van der Waals surface area contributed by atoms with Crippen LogP contribution in [0.15, 0.2) is 36.4 Å². The van der Waals surface area contributed by atoms with E-state index in [0.29, 0.717) is 41.4 Å². The van der Waals surface area contributed by atoms with Crippen LogP contribution in [0, 0.1) is 6.92 Å². The molecule has 0 atom stereocenters. The molecule has 0 fully saturated rings. The van der Waals surface area contributed by atoms with Crippen LogP contribution in [0.1, 0.15) is 42.0 Å². The first-order valence-electron chi connectivity index (χ1n) is 9.94. The van der Waals surface area contributed by atoms with Crippen molar-refractivity contribution in [3.8, 4) is 5.75 Å². The number of imidazole rings is 1. The topological polar surface area (TPSA) is 102 Å². The number of amides is 1. The van der Waals surface area contributed by atoms with Crippen molar-refractivity contribution in [3.63, 3.8) is 0 Å². The molecule has 0 aliphatic rings. The van der Waals surface area contributed by atoms with Crippen LogP contribution in [0.5, 0.6) is 5.75 Å². The van der Waals surface area contributed by atoms with E-state index in [1.165, 1.54) is 0 Å². The molecule has 0 unspecified atom stereocenters. The van der Waals surface area contributed by atoms with Gasteiger partial charge in [0.15, 0.2) is 0 Å². The molecule has 0 aliphatic heterocycles. The molecule has 3 rings (SSSR count). The summed E-state index contributed by atoms with van der Waals surface area (Å²) < 4.78 is 35.7. The second kappa shape index (κ2) is 9.67. The SMILES string of the molecule is CCCNS(=O)(=O)NC(=O)c1ccc2nc(C)n(Cc3ccc(OCC)cc3Cl)c2c1. The van der Waals surface area contributed by atoms with Crippen molar-refractivity contribution in [3.05, 3.63) is 58.4 Å². The van der Waals surface area contributed by atoms with Crippen molar-refractivity contribution in [1.82, 2.24) is 19.0 Å². The lowest BCUT2D eigenvalue weighted by Gasteiger charge is -2.11. The minimum atomic E-state index is -3.91. The van der Waals surface area contributed by atoms with Gasteiger partial charge >= 0.3 is 10.2 Å². The Labute approximate surface area is 186 Å². The van der Waals surface area contributed by atoms with Crippen LogP contribution in [-0.4, -0.2) is 37.0 Å². The molecule has 3 aromatic rings. The van der Waals surface area contributed by atoms with E-state index in [1.54, 1.807) is 24.3 Å². The lowest BCUT2D eigenvalue weighted by atomic mass is 10.1. The first-order valence-corrected chi connectivity index (χ1v) is 11.8. The van der Waals surface area contributed by atoms with Gasteiger partial charge in [0, 0.05) is 17.1 Å². The number of carbonyl (C=O) groups excluding carboxylic acids is 1. The fourth-order valence-corrected chi connectivity index (χ4v) is 4.26. The number of aromatic nitrogens is 2. The molecule has 0 saturated carbocycles. The van der Waals surface area contributed by atoms with Gasteiger partial charge in [0.25, 0.3) is 5.91 Å². The van der Waals surface area contributed by atoms with Gasteiger partial charge in [-0.15, -0.1) is 0 Å². The highest BCUT2D eigenvalue weighted by molar-refractivity contribution is 7.88. The second-order valence-electron chi connectivity index (χ2n) is 6.96. The summed E-state index contributed by atoms with van der Waals surface area (Å²) in [6.45, 7) is 6.84. The largest absolute Gasteiger partial charge is 0.494 e. The highest BCUT2D eigenvalue weighted by Gasteiger charge is 2.17. The van der Waals surface area contributed by atoms with Crippen LogP contribution in [0.25, 0.3) is 11.0 Å². The maximum Gasteiger partial charge on any atom is 0.301 e. The van der Waals surface area contributed by atoms with E-state index in [9.17, 15) is 13.2 Å². The third kappa shape index (κ3) is 5.55. The fourth-order valence-electron chi connectivity index (χ4n) is 3.12. The van der Waals surface area contributed by atoms with E-state index < -0.39 is 16.1 Å². The first kappa shape index (κ1) is 23.1. The molecule has 2 aromatic carbocycles. The Morgan fingerprint density at radius 1 is 1.19 bits per heavy atom. The Morgan fingerprint density at radius 2 is 1.97 bits per heavy atom. The molecule has 1 amide bonds. The number of fused-ring (bicyclic) bond motifs is 1. The molecule has 0 saturated heterocycles. The number of aryl methyl sites for hydroxylation is 1. The van der Waals surface area contributed by atoms with Gasteiger partial charge < -0.3 is 9.30 Å². The molecular formula is C21H25ClN4O4S. The van der Waals surface area contributed by atoms with Crippen LogP contribution >= 0.6 is 11.6 Å². The highest BCUT2D eigenvalue weighted by Crippen LogP contribution is 2.26. The monoisotopic (exact) mass is 464 g/mol. The summed E-state index contributed by atoms with van der Waals surface area (Å²) in [6, 6.07) is 10.4. The normalized spacial score (nSPS) is 11.6. The number of hydrogen-bond donors (Lipinski definition) is 2. The Morgan fingerprint density at radius 3 is 2.65 bits per heavy atom. The summed E-state index contributed by atoms with van der Waals surface area (Å²) in [5.74, 6) is 0.727. The van der Waals surface area contributed by atoms with E-state index >= 15 is 0 Å². The van der Waals surface area contributed by atoms with E-state index in [1.807, 2.05) is 42.2 Å². The molecule has 10 heteroatoms. The number of carbonyl (C=O) groups is 1. The number of nitrogens with zero attached hydrogens (tertiary/aromatic N) is 2. The van der Waals surface area contributed by atoms with Crippen LogP contribution in [-0.2, 0) is 16.8 Å². The lowest BCUT2D eigenvalue weighted by Crippen LogP contribution is -2.40. The first-order chi connectivity index (χ1) is 14.7. The van der Waals surface area contributed by atoms with Crippen molar-refractivity contribution < 1.29 is 17.9 Å². The summed E-state index contributed by atoms with van der Waals surface area (Å²) in [6.07, 6.45) is 0.619. The van der Waals surface area contributed by atoms with Crippen molar-refractivity contribution in [2.75, 3.05) is 13.2 Å². The van der Waals surface area contributed by atoms with E-state index in [4.69, 9.17) is 16.3 Å². The van der Waals surface area contributed by atoms with Crippen molar-refractivity contribution in [2.24, 2.45) is 0 Å². The zero-order valence-corrected chi connectivity index (χ0v) is 19.2. The standard InChI is InChI=1S/C21H25ClN4O4S/c1-4-10-23-31(28,29)25-21(27)15-7-9-19-20(11-15)26(14(3)24-19)13-16-6-8-17(30-5-2)12-18(16)22/h6-9,11-12,23H,4-5,10,13H2,1-3H3,(H,25,27). The Balaban J connectivity index is 1.90. The summed E-state index contributed by atoms with van der Waals surface area (Å²) >= 11 is 6.43. The lowest BCUT2D eigenvalue weighted by molar-refractivity contribution is 0.0981. The minimum absolute atomic E-state index is 0.216. The average Bonchev–Trinajstić information content (AvgIpc) is 3.02. The number of ether oxygens (including phenoxy) is 1. The van der Waals surface area contributed by atoms with Gasteiger partial charge in [-0.25, -0.2) is 9.71 Å². The summed E-state index contributed by atoms with van der Waals surface area (Å²) in [5.41, 5.74) is 2.49. The Hall–Kier alpha value is -2.62. The minimum Gasteiger partial charge on any atom is -0.494 e. The quantitative estimate of drug-likeness (QED) is 0.505. The van der Waals surface area contributed by atoms with Gasteiger partial charge in [0.1, 0.15) is 11.6 Å². The number of halogens is 1. The third-order valence-corrected chi connectivity index (χ3v) is 6.02. The molecule has 31 heavy (non-hydrogen) atoms. The van der Waals surface area contributed by atoms with Gasteiger partial charge in [0.05, 0.1) is 24.2 Å². The summed E-state index contributed by atoms with van der Waals surface area (Å²) in [5, 5.41) is 0.564. The van der Waals surface area contributed by atoms with Crippen LogP contribution in [0.3, 0.4) is 0 Å². The summed E-state index contributed by atoms with van der Waals surface area (Å²) in [4.78, 5) is 17.0. The molecule has 1 aromatic heterocycles. The van der Waals surface area contributed by atoms with E-state index in [-0.39, 0.29) is 12.1 Å². The van der Waals surface area contributed by atoms with Gasteiger partial charge in [-0.3, -0.25) is 4.79 Å². The molecule has 2 N–H and O–H groups in total. The third-order valence-electron chi connectivity index (χ3n) is 4.63. The van der Waals surface area contributed by atoms with Crippen LogP contribution in [0.2, 0.25) is 5.02 Å². The molecule has 1 heterocycles. The zero-order valence-electron chi connectivity index (χ0n) is 17.6. The van der Waals surface area contributed by atoms with Crippen molar-refractivity contribution >= 4 is 38.8 Å². The smallest absolute Gasteiger partial charge is 0.301 e. The van der Waals surface area contributed by atoms with Crippen molar-refractivity contribution in [1.29, 1.82) is 0 Å². The summed E-state index contributed by atoms with van der Waals surface area (Å²) in [7, 11) is -3.91. The van der Waals surface area contributed by atoms with Crippen molar-refractivity contribution in [2.45, 2.75) is 33.7 Å². The van der Waals surface area contributed by atoms with Gasteiger partial charge in [-0.2, -0.15) is 13.1 Å². The fraction of sp³-hybridized carbons (Fsp3) is 0.333. The number of hydrogen-bond acceptors (Lipinski definition) is 5. The average molecular weight is 465 g/mol. The molecular weight excluding hydrogens is 440 g/mol. The van der Waals surface area contributed by atoms with Crippen LogP contribution in [0.4, 0.5) is 0 Å². The molecule has 0 spiro atoms. The second-order valence-corrected chi connectivity index (χ2v) is 8.87. The molecule has 0 aliphatic carbocycles. The number of benzene rings is 2. The van der Waals surface area contributed by atoms with Crippen LogP contribution < -0.4 is 14.2 Å². The molecule has 0 radical (unpaired) electrons. The number of rotatable bonds is 9. The van der Waals surface area contributed by atoms with Gasteiger partial charge in [-0.05, 0) is 56.2 Å². The molecule has 166 valence electrons. The molecule has 0 bridgehead atoms. The van der Waals surface area contributed by atoms with E-state index in [0.717, 1.165) is 11.4 Å². The maximum absolute atomic E-state index is 12.5. The van der Waals surface area contributed by atoms with Gasteiger partial charge in [-0.1, -0.05) is 24.6 Å². The Bertz CT molecular complexity index is 1210. The predicted molar refractivity (Wildman–Crippen MR) is 121 cm³/mol. The predicted octanol–water partition coefficient (Wildman–Crippen LogP) is 3.42. The Kier molecular flexibility index (Phi) is 7.19.